The van der Waals surface area contributed by atoms with Crippen molar-refractivity contribution in [3.63, 3.8) is 0 Å². The topological polar surface area (TPSA) is 86.9 Å². The lowest BCUT2D eigenvalue weighted by molar-refractivity contribution is -0.115. The third-order valence-corrected chi connectivity index (χ3v) is 3.80. The number of fused-ring (bicyclic) bond motifs is 1. The Kier molecular flexibility index (Phi) is 4.48. The number of H-pyrrole nitrogens is 1. The van der Waals surface area contributed by atoms with Crippen LogP contribution in [-0.2, 0) is 4.79 Å². The van der Waals surface area contributed by atoms with Crippen molar-refractivity contribution < 1.29 is 9.59 Å². The summed E-state index contributed by atoms with van der Waals surface area (Å²) in [5.74, 6) is -0.751. The first-order chi connectivity index (χ1) is 11.5. The Morgan fingerprint density at radius 2 is 2.00 bits per heavy atom. The highest BCUT2D eigenvalue weighted by Crippen LogP contribution is 2.20. The number of aromatic nitrogens is 2. The van der Waals surface area contributed by atoms with Crippen LogP contribution in [0, 0.1) is 6.92 Å². The van der Waals surface area contributed by atoms with Crippen LogP contribution in [0.1, 0.15) is 16.1 Å². The molecule has 2 aromatic carbocycles. The van der Waals surface area contributed by atoms with Gasteiger partial charge in [-0.1, -0.05) is 35.9 Å². The van der Waals surface area contributed by atoms with E-state index in [9.17, 15) is 9.59 Å². The van der Waals surface area contributed by atoms with Crippen molar-refractivity contribution >= 4 is 40.0 Å². The average molecular weight is 343 g/mol. The number of hydrogen-bond acceptors (Lipinski definition) is 3. The maximum Gasteiger partial charge on any atom is 0.272 e. The summed E-state index contributed by atoms with van der Waals surface area (Å²) in [7, 11) is 0. The van der Waals surface area contributed by atoms with E-state index in [2.05, 4.69) is 20.8 Å². The number of nitrogens with zero attached hydrogens (tertiary/aromatic N) is 1. The lowest BCUT2D eigenvalue weighted by Crippen LogP contribution is -2.33. The van der Waals surface area contributed by atoms with Gasteiger partial charge in [-0.2, -0.15) is 5.10 Å². The van der Waals surface area contributed by atoms with E-state index in [0.717, 1.165) is 11.1 Å². The van der Waals surface area contributed by atoms with Crippen LogP contribution in [0.5, 0.6) is 0 Å². The van der Waals surface area contributed by atoms with E-state index in [4.69, 9.17) is 11.6 Å². The molecule has 0 aliphatic carbocycles. The molecule has 3 N–H and O–H groups in total. The van der Waals surface area contributed by atoms with Gasteiger partial charge >= 0.3 is 0 Å². The highest BCUT2D eigenvalue weighted by molar-refractivity contribution is 6.31. The van der Waals surface area contributed by atoms with Gasteiger partial charge in [-0.05, 0) is 30.7 Å². The molecule has 0 spiro atoms. The molecule has 0 radical (unpaired) electrons. The molecule has 0 fully saturated rings. The van der Waals surface area contributed by atoms with E-state index in [1.165, 1.54) is 0 Å². The van der Waals surface area contributed by atoms with Crippen LogP contribution in [0.15, 0.2) is 42.5 Å². The molecule has 3 rings (SSSR count). The number of nitrogens with one attached hydrogen (secondary N) is 3. The Balaban J connectivity index is 1.64. The molecule has 1 aromatic heterocycles. The Labute approximate surface area is 143 Å². The summed E-state index contributed by atoms with van der Waals surface area (Å²) in [6, 6.07) is 12.5. The van der Waals surface area contributed by atoms with Crippen molar-refractivity contribution in [1.29, 1.82) is 0 Å². The van der Waals surface area contributed by atoms with E-state index in [1.807, 2.05) is 31.2 Å². The van der Waals surface area contributed by atoms with Crippen molar-refractivity contribution in [3.8, 4) is 0 Å². The van der Waals surface area contributed by atoms with Crippen molar-refractivity contribution in [2.75, 3.05) is 11.9 Å². The lowest BCUT2D eigenvalue weighted by Gasteiger charge is -2.09. The highest BCUT2D eigenvalue weighted by Gasteiger charge is 2.15. The molecule has 0 unspecified atom stereocenters. The third-order valence-electron chi connectivity index (χ3n) is 3.57. The van der Waals surface area contributed by atoms with E-state index in [-0.39, 0.29) is 18.1 Å². The quantitative estimate of drug-likeness (QED) is 0.681. The summed E-state index contributed by atoms with van der Waals surface area (Å²) >= 11 is 5.92. The largest absolute Gasteiger partial charge is 0.342 e. The van der Waals surface area contributed by atoms with Crippen LogP contribution >= 0.6 is 11.6 Å². The minimum absolute atomic E-state index is 0.161. The molecule has 0 saturated heterocycles. The van der Waals surface area contributed by atoms with Gasteiger partial charge in [0.05, 0.1) is 12.1 Å². The number of carbonyl (C=O) groups is 2. The van der Waals surface area contributed by atoms with E-state index < -0.39 is 5.91 Å². The fourth-order valence-corrected chi connectivity index (χ4v) is 2.48. The Hall–Kier alpha value is -2.86. The number of hydrogen-bond donors (Lipinski definition) is 3. The fraction of sp³-hybridized carbons (Fsp3) is 0.118. The molecule has 2 amide bonds. The van der Waals surface area contributed by atoms with Gasteiger partial charge in [0.2, 0.25) is 5.91 Å². The maximum atomic E-state index is 12.2. The van der Waals surface area contributed by atoms with Gasteiger partial charge in [0, 0.05) is 16.1 Å². The number of amides is 2. The van der Waals surface area contributed by atoms with Gasteiger partial charge in [0.1, 0.15) is 0 Å². The van der Waals surface area contributed by atoms with Gasteiger partial charge in [0.15, 0.2) is 5.69 Å². The summed E-state index contributed by atoms with van der Waals surface area (Å²) in [5, 5.41) is 13.3. The van der Waals surface area contributed by atoms with E-state index in [0.29, 0.717) is 16.1 Å². The predicted molar refractivity (Wildman–Crippen MR) is 93.2 cm³/mol. The second-order valence-electron chi connectivity index (χ2n) is 5.31. The van der Waals surface area contributed by atoms with E-state index >= 15 is 0 Å². The SMILES string of the molecule is Cc1ccc(Cl)cc1NC(=O)CNC(=O)c1n[nH]c2ccccc12. The molecule has 0 aliphatic rings. The first kappa shape index (κ1) is 16.0. The highest BCUT2D eigenvalue weighted by atomic mass is 35.5. The Morgan fingerprint density at radius 1 is 1.21 bits per heavy atom. The van der Waals surface area contributed by atoms with Gasteiger partial charge in [0.25, 0.3) is 5.91 Å². The second kappa shape index (κ2) is 6.72. The van der Waals surface area contributed by atoms with Crippen LogP contribution in [0.3, 0.4) is 0 Å². The molecule has 1 heterocycles. The summed E-state index contributed by atoms with van der Waals surface area (Å²) in [5.41, 5.74) is 2.53. The zero-order valence-electron chi connectivity index (χ0n) is 12.9. The maximum absolute atomic E-state index is 12.2. The Bertz CT molecular complexity index is 920. The molecule has 7 heteroatoms. The lowest BCUT2D eigenvalue weighted by atomic mass is 10.2. The van der Waals surface area contributed by atoms with Crippen LogP contribution in [0.4, 0.5) is 5.69 Å². The molecule has 122 valence electrons. The van der Waals surface area contributed by atoms with Gasteiger partial charge in [-0.25, -0.2) is 0 Å². The fourth-order valence-electron chi connectivity index (χ4n) is 2.30. The number of carbonyl (C=O) groups excluding carboxylic acids is 2. The van der Waals surface area contributed by atoms with E-state index in [1.54, 1.807) is 18.2 Å². The number of aryl methyl sites for hydroxylation is 1. The normalized spacial score (nSPS) is 10.6. The minimum atomic E-state index is -0.412. The number of anilines is 1. The first-order valence-electron chi connectivity index (χ1n) is 7.32. The molecule has 0 saturated carbocycles. The molecule has 0 aliphatic heterocycles. The summed E-state index contributed by atoms with van der Waals surface area (Å²) in [4.78, 5) is 24.2. The summed E-state index contributed by atoms with van der Waals surface area (Å²) in [6.07, 6.45) is 0. The number of para-hydroxylation sites is 1. The van der Waals surface area contributed by atoms with Gasteiger partial charge in [-0.3, -0.25) is 14.7 Å². The number of aromatic amines is 1. The minimum Gasteiger partial charge on any atom is -0.342 e. The Morgan fingerprint density at radius 3 is 2.83 bits per heavy atom. The van der Waals surface area contributed by atoms with Gasteiger partial charge in [-0.15, -0.1) is 0 Å². The van der Waals surface area contributed by atoms with Crippen LogP contribution in [-0.4, -0.2) is 28.6 Å². The summed E-state index contributed by atoms with van der Waals surface area (Å²) < 4.78 is 0. The first-order valence-corrected chi connectivity index (χ1v) is 7.69. The third kappa shape index (κ3) is 3.38. The molecule has 24 heavy (non-hydrogen) atoms. The molecular formula is C17H15ClN4O2. The second-order valence-corrected chi connectivity index (χ2v) is 5.74. The zero-order valence-corrected chi connectivity index (χ0v) is 13.6. The molecular weight excluding hydrogens is 328 g/mol. The molecule has 6 nitrogen and oxygen atoms in total. The number of halogens is 1. The monoisotopic (exact) mass is 342 g/mol. The van der Waals surface area contributed by atoms with Crippen LogP contribution < -0.4 is 10.6 Å². The number of benzene rings is 2. The standard InChI is InChI=1S/C17H15ClN4O2/c1-10-6-7-11(18)8-14(10)20-15(23)9-19-17(24)16-12-4-2-3-5-13(12)21-22-16/h2-8H,9H2,1H3,(H,19,24)(H,20,23)(H,21,22). The smallest absolute Gasteiger partial charge is 0.272 e. The summed E-state index contributed by atoms with van der Waals surface area (Å²) in [6.45, 7) is 1.70. The molecule has 3 aromatic rings. The molecule has 0 atom stereocenters. The molecule has 0 bridgehead atoms. The average Bonchev–Trinajstić information content (AvgIpc) is 3.00. The van der Waals surface area contributed by atoms with Crippen LogP contribution in [0.2, 0.25) is 5.02 Å². The van der Waals surface area contributed by atoms with Crippen molar-refractivity contribution in [2.45, 2.75) is 6.92 Å². The zero-order chi connectivity index (χ0) is 17.1. The van der Waals surface area contributed by atoms with Crippen molar-refractivity contribution in [3.05, 3.63) is 58.7 Å². The van der Waals surface area contributed by atoms with Crippen LogP contribution in [0.25, 0.3) is 10.9 Å². The van der Waals surface area contributed by atoms with Gasteiger partial charge < -0.3 is 10.6 Å². The number of rotatable bonds is 4. The van der Waals surface area contributed by atoms with Crippen molar-refractivity contribution in [2.24, 2.45) is 0 Å². The predicted octanol–water partition coefficient (Wildman–Crippen LogP) is 2.89. The van der Waals surface area contributed by atoms with Crippen molar-refractivity contribution in [1.82, 2.24) is 15.5 Å².